The van der Waals surface area contributed by atoms with Gasteiger partial charge in [-0.1, -0.05) is 27.7 Å². The van der Waals surface area contributed by atoms with Gasteiger partial charge in [-0.3, -0.25) is 0 Å². The van der Waals surface area contributed by atoms with Crippen LogP contribution in [0.2, 0.25) is 0 Å². The molecular formula is C5H10S3. The van der Waals surface area contributed by atoms with E-state index in [4.69, 9.17) is 0 Å². The van der Waals surface area contributed by atoms with Crippen molar-refractivity contribution in [3.63, 3.8) is 0 Å². The minimum atomic E-state index is 1.06. The van der Waals surface area contributed by atoms with Gasteiger partial charge in [-0.05, 0) is 6.26 Å². The molecule has 0 aromatic rings. The lowest BCUT2D eigenvalue weighted by Crippen LogP contribution is -1.63. The lowest BCUT2D eigenvalue weighted by Gasteiger charge is -1.91. The van der Waals surface area contributed by atoms with Crippen LogP contribution in [0.4, 0.5) is 0 Å². The van der Waals surface area contributed by atoms with E-state index in [1.165, 1.54) is 5.08 Å². The summed E-state index contributed by atoms with van der Waals surface area (Å²) in [5.41, 5.74) is 0. The van der Waals surface area contributed by atoms with Crippen molar-refractivity contribution in [2.24, 2.45) is 0 Å². The summed E-state index contributed by atoms with van der Waals surface area (Å²) >= 11 is 1.86. The summed E-state index contributed by atoms with van der Waals surface area (Å²) in [5, 5.41) is 1.18. The smallest absolute Gasteiger partial charge is 0.0493 e. The Labute approximate surface area is 63.3 Å². The highest BCUT2D eigenvalue weighted by atomic mass is 33.1. The topological polar surface area (TPSA) is 0 Å². The Morgan fingerprint density at radius 2 is 2.25 bits per heavy atom. The van der Waals surface area contributed by atoms with Crippen LogP contribution in [0, 0.1) is 0 Å². The van der Waals surface area contributed by atoms with E-state index in [9.17, 15) is 0 Å². The Hall–Kier alpha value is 0.790. The van der Waals surface area contributed by atoms with Crippen LogP contribution in [0.15, 0.2) is 12.7 Å². The zero-order valence-corrected chi connectivity index (χ0v) is 7.37. The van der Waals surface area contributed by atoms with E-state index in [0.29, 0.717) is 0 Å². The lowest BCUT2D eigenvalue weighted by atomic mass is 10.8. The molecule has 0 spiro atoms. The molecule has 0 amide bonds. The van der Waals surface area contributed by atoms with E-state index >= 15 is 0 Å². The van der Waals surface area contributed by atoms with Crippen molar-refractivity contribution in [3.8, 4) is 0 Å². The molecule has 0 unspecified atom stereocenters. The molecule has 8 heavy (non-hydrogen) atoms. The Balaban J connectivity index is 2.62. The van der Waals surface area contributed by atoms with E-state index in [2.05, 4.69) is 12.8 Å². The average Bonchev–Trinajstić information content (AvgIpc) is 1.81. The van der Waals surface area contributed by atoms with Crippen LogP contribution < -0.4 is 0 Å². The second kappa shape index (κ2) is 7.79. The monoisotopic (exact) mass is 166 g/mol. The van der Waals surface area contributed by atoms with Crippen molar-refractivity contribution in [1.29, 1.82) is 0 Å². The Bertz CT molecular complexity index is 53.6. The third kappa shape index (κ3) is 6.79. The quantitative estimate of drug-likeness (QED) is 0.267. The molecule has 0 rings (SSSR count). The molecular weight excluding hydrogens is 156 g/mol. The van der Waals surface area contributed by atoms with Gasteiger partial charge in [0.25, 0.3) is 0 Å². The molecule has 0 nitrogen and oxygen atoms in total. The Kier molecular flexibility index (Phi) is 8.56. The van der Waals surface area contributed by atoms with Gasteiger partial charge in [0, 0.05) is 10.8 Å². The molecule has 0 saturated carbocycles. The second-order valence-electron chi connectivity index (χ2n) is 1.10. The van der Waals surface area contributed by atoms with Crippen LogP contribution in [-0.4, -0.2) is 17.1 Å². The molecule has 0 radical (unpaired) electrons. The summed E-state index contributed by atoms with van der Waals surface area (Å²) in [4.78, 5) is 0. The molecule has 48 valence electrons. The zero-order valence-electron chi connectivity index (χ0n) is 4.92. The minimum absolute atomic E-state index is 1.06. The lowest BCUT2D eigenvalue weighted by molar-refractivity contribution is 1.84. The summed E-state index contributed by atoms with van der Waals surface area (Å²) in [6, 6.07) is 0. The first kappa shape index (κ1) is 8.79. The molecule has 0 aliphatic rings. The summed E-state index contributed by atoms with van der Waals surface area (Å²) in [5.74, 6) is 1.06. The first-order chi connectivity index (χ1) is 3.91. The third-order valence-electron chi connectivity index (χ3n) is 0.435. The molecule has 0 heterocycles. The van der Waals surface area contributed by atoms with E-state index in [0.717, 1.165) is 5.75 Å². The first-order valence-electron chi connectivity index (χ1n) is 2.26. The first-order valence-corrected chi connectivity index (χ1v) is 6.14. The molecule has 0 N–H and O–H groups in total. The highest BCUT2D eigenvalue weighted by molar-refractivity contribution is 8.78. The second-order valence-corrected chi connectivity index (χ2v) is 4.84. The molecule has 0 bridgehead atoms. The SMILES string of the molecule is C=CCSSCSC. The minimum Gasteiger partial charge on any atom is -0.154 e. The molecule has 0 aliphatic heterocycles. The standard InChI is InChI=1S/C5H10S3/c1-3-4-7-8-5-6-2/h3H,1,4-5H2,2H3. The van der Waals surface area contributed by atoms with Gasteiger partial charge < -0.3 is 0 Å². The van der Waals surface area contributed by atoms with Crippen LogP contribution in [-0.2, 0) is 0 Å². The van der Waals surface area contributed by atoms with Crippen molar-refractivity contribution >= 4 is 33.3 Å². The van der Waals surface area contributed by atoms with Gasteiger partial charge in [-0.15, -0.1) is 6.58 Å². The highest BCUT2D eigenvalue weighted by Gasteiger charge is 1.82. The molecule has 0 aromatic carbocycles. The molecule has 0 atom stereocenters. The fourth-order valence-corrected chi connectivity index (χ4v) is 3.08. The Morgan fingerprint density at radius 3 is 2.75 bits per heavy atom. The van der Waals surface area contributed by atoms with Gasteiger partial charge in [0.15, 0.2) is 0 Å². The summed E-state index contributed by atoms with van der Waals surface area (Å²) in [6.07, 6.45) is 4.04. The predicted octanol–water partition coefficient (Wildman–Crippen LogP) is 2.87. The number of thioether (sulfide) groups is 1. The molecule has 0 fully saturated rings. The maximum Gasteiger partial charge on any atom is 0.0493 e. The van der Waals surface area contributed by atoms with Crippen molar-refractivity contribution in [2.75, 3.05) is 17.1 Å². The van der Waals surface area contributed by atoms with Gasteiger partial charge >= 0.3 is 0 Å². The molecule has 3 heteroatoms. The number of hydrogen-bond donors (Lipinski definition) is 0. The van der Waals surface area contributed by atoms with Crippen LogP contribution in [0.25, 0.3) is 0 Å². The number of hydrogen-bond acceptors (Lipinski definition) is 3. The normalized spacial score (nSPS) is 9.12. The maximum absolute atomic E-state index is 3.62. The van der Waals surface area contributed by atoms with Crippen LogP contribution in [0.1, 0.15) is 0 Å². The summed E-state index contributed by atoms with van der Waals surface area (Å²) in [6.45, 7) is 3.62. The average molecular weight is 166 g/mol. The maximum atomic E-state index is 3.62. The van der Waals surface area contributed by atoms with Gasteiger partial charge in [0.2, 0.25) is 0 Å². The zero-order chi connectivity index (χ0) is 6.24. The van der Waals surface area contributed by atoms with Crippen LogP contribution >= 0.6 is 33.3 Å². The summed E-state index contributed by atoms with van der Waals surface area (Å²) < 4.78 is 0. The van der Waals surface area contributed by atoms with Crippen molar-refractivity contribution < 1.29 is 0 Å². The fourth-order valence-electron chi connectivity index (χ4n) is 0.178. The highest BCUT2D eigenvalue weighted by Crippen LogP contribution is 2.23. The van der Waals surface area contributed by atoms with E-state index in [-0.39, 0.29) is 0 Å². The largest absolute Gasteiger partial charge is 0.154 e. The molecule has 0 aliphatic carbocycles. The van der Waals surface area contributed by atoms with Crippen LogP contribution in [0.5, 0.6) is 0 Å². The summed E-state index contributed by atoms with van der Waals surface area (Å²) in [7, 11) is 3.74. The van der Waals surface area contributed by atoms with Gasteiger partial charge in [0.1, 0.15) is 0 Å². The molecule has 0 aromatic heterocycles. The van der Waals surface area contributed by atoms with E-state index in [1.54, 1.807) is 0 Å². The van der Waals surface area contributed by atoms with Gasteiger partial charge in [0.05, 0.1) is 0 Å². The van der Waals surface area contributed by atoms with Crippen molar-refractivity contribution in [2.45, 2.75) is 0 Å². The van der Waals surface area contributed by atoms with Crippen molar-refractivity contribution in [3.05, 3.63) is 12.7 Å². The predicted molar refractivity (Wildman–Crippen MR) is 48.6 cm³/mol. The van der Waals surface area contributed by atoms with E-state index < -0.39 is 0 Å². The number of rotatable bonds is 5. The van der Waals surface area contributed by atoms with Crippen molar-refractivity contribution in [1.82, 2.24) is 0 Å². The van der Waals surface area contributed by atoms with Gasteiger partial charge in [-0.25, -0.2) is 0 Å². The fraction of sp³-hybridized carbons (Fsp3) is 0.600. The van der Waals surface area contributed by atoms with Crippen LogP contribution in [0.3, 0.4) is 0 Å². The Morgan fingerprint density at radius 1 is 1.50 bits per heavy atom. The molecule has 0 saturated heterocycles. The van der Waals surface area contributed by atoms with Gasteiger partial charge in [-0.2, -0.15) is 11.8 Å². The van der Waals surface area contributed by atoms with E-state index in [1.807, 2.05) is 39.4 Å². The third-order valence-corrected chi connectivity index (χ3v) is 4.08.